The molecule has 0 bridgehead atoms. The van der Waals surface area contributed by atoms with Gasteiger partial charge in [0.2, 0.25) is 0 Å². The monoisotopic (exact) mass is 175 g/mol. The zero-order valence-electron chi connectivity index (χ0n) is 7.84. The fourth-order valence-electron chi connectivity index (χ4n) is 1.89. The van der Waals surface area contributed by atoms with Gasteiger partial charge in [0.15, 0.2) is 0 Å². The molecule has 0 aliphatic carbocycles. The van der Waals surface area contributed by atoms with Crippen LogP contribution in [0.4, 0.5) is 0 Å². The van der Waals surface area contributed by atoms with Crippen molar-refractivity contribution in [2.24, 2.45) is 7.05 Å². The Bertz CT molecular complexity index is 357. The van der Waals surface area contributed by atoms with Crippen LogP contribution in [0.15, 0.2) is 6.20 Å². The van der Waals surface area contributed by atoms with Crippen LogP contribution in [0.5, 0.6) is 0 Å². The van der Waals surface area contributed by atoms with Crippen LogP contribution in [0.25, 0.3) is 0 Å². The summed E-state index contributed by atoms with van der Waals surface area (Å²) in [5.74, 6) is 2.73. The summed E-state index contributed by atoms with van der Waals surface area (Å²) in [5.41, 5.74) is 3.68. The number of nitrogens with zero attached hydrogens (tertiary/aromatic N) is 1. The fourth-order valence-corrected chi connectivity index (χ4v) is 1.89. The predicted octanol–water partition coefficient (Wildman–Crippen LogP) is 1.12. The van der Waals surface area contributed by atoms with Crippen LogP contribution < -0.4 is 0 Å². The summed E-state index contributed by atoms with van der Waals surface area (Å²) in [6, 6.07) is 0. The van der Waals surface area contributed by atoms with Crippen molar-refractivity contribution in [1.29, 1.82) is 0 Å². The van der Waals surface area contributed by atoms with Crippen molar-refractivity contribution in [2.75, 3.05) is 13.2 Å². The summed E-state index contributed by atoms with van der Waals surface area (Å²) < 4.78 is 7.53. The normalized spacial score (nSPS) is 16.0. The van der Waals surface area contributed by atoms with Crippen LogP contribution >= 0.6 is 0 Å². The molecule has 1 aliphatic rings. The lowest BCUT2D eigenvalue weighted by atomic mass is 10.1. The van der Waals surface area contributed by atoms with E-state index in [0.717, 1.165) is 31.6 Å². The molecule has 0 saturated carbocycles. The molecule has 68 valence electrons. The molecule has 0 amide bonds. The van der Waals surface area contributed by atoms with Gasteiger partial charge in [0.1, 0.15) is 0 Å². The van der Waals surface area contributed by atoms with Crippen molar-refractivity contribution in [3.05, 3.63) is 23.0 Å². The number of terminal acetylenes is 1. The molecule has 0 N–H and O–H groups in total. The molecule has 0 unspecified atom stereocenters. The molecule has 2 nitrogen and oxygen atoms in total. The average Bonchev–Trinajstić information content (AvgIpc) is 2.38. The van der Waals surface area contributed by atoms with E-state index in [-0.39, 0.29) is 0 Å². The smallest absolute Gasteiger partial charge is 0.0521 e. The molecule has 2 rings (SSSR count). The van der Waals surface area contributed by atoms with E-state index in [9.17, 15) is 0 Å². The van der Waals surface area contributed by atoms with Crippen molar-refractivity contribution >= 4 is 0 Å². The van der Waals surface area contributed by atoms with Gasteiger partial charge < -0.3 is 9.30 Å². The highest BCUT2D eigenvalue weighted by Crippen LogP contribution is 2.19. The molecule has 0 aromatic carbocycles. The summed E-state index contributed by atoms with van der Waals surface area (Å²) >= 11 is 0. The Morgan fingerprint density at radius 2 is 2.23 bits per heavy atom. The molecule has 1 aliphatic heterocycles. The van der Waals surface area contributed by atoms with Gasteiger partial charge in [-0.1, -0.05) is 5.92 Å². The zero-order valence-corrected chi connectivity index (χ0v) is 7.84. The third-order valence-electron chi connectivity index (χ3n) is 2.56. The lowest BCUT2D eigenvalue weighted by Crippen LogP contribution is -1.99. The van der Waals surface area contributed by atoms with Crippen LogP contribution in [0, 0.1) is 12.3 Å². The van der Waals surface area contributed by atoms with Crippen molar-refractivity contribution < 1.29 is 4.74 Å². The number of hydrogen-bond donors (Lipinski definition) is 0. The standard InChI is InChI=1S/C11H13NO/c1-3-9-8-12(2)11-5-7-13-6-4-10(9)11/h1,8H,4-7H2,2H3. The lowest BCUT2D eigenvalue weighted by molar-refractivity contribution is 0.145. The van der Waals surface area contributed by atoms with Gasteiger partial charge >= 0.3 is 0 Å². The topological polar surface area (TPSA) is 14.2 Å². The molecule has 0 atom stereocenters. The number of ether oxygens (including phenoxy) is 1. The Labute approximate surface area is 78.5 Å². The maximum Gasteiger partial charge on any atom is 0.0521 e. The molecule has 2 heteroatoms. The summed E-state index contributed by atoms with van der Waals surface area (Å²) in [6.45, 7) is 1.61. The van der Waals surface area contributed by atoms with Crippen LogP contribution in [0.1, 0.15) is 16.8 Å². The summed E-state index contributed by atoms with van der Waals surface area (Å²) in [7, 11) is 2.05. The van der Waals surface area contributed by atoms with E-state index in [1.807, 2.05) is 13.2 Å². The first kappa shape index (κ1) is 8.40. The van der Waals surface area contributed by atoms with E-state index in [1.165, 1.54) is 11.3 Å². The highest BCUT2D eigenvalue weighted by Gasteiger charge is 2.14. The van der Waals surface area contributed by atoms with Crippen LogP contribution in [0.2, 0.25) is 0 Å². The molecule has 0 radical (unpaired) electrons. The van der Waals surface area contributed by atoms with Gasteiger partial charge in [-0.05, 0) is 12.0 Å². The van der Waals surface area contributed by atoms with Gasteiger partial charge in [-0.3, -0.25) is 0 Å². The zero-order chi connectivity index (χ0) is 9.26. The Hall–Kier alpha value is -1.20. The molecule has 0 spiro atoms. The SMILES string of the molecule is C#Cc1cn(C)c2c1CCOCC2. The van der Waals surface area contributed by atoms with Crippen LogP contribution in [-0.2, 0) is 24.6 Å². The molecule has 13 heavy (non-hydrogen) atoms. The van der Waals surface area contributed by atoms with Crippen molar-refractivity contribution in [2.45, 2.75) is 12.8 Å². The summed E-state index contributed by atoms with van der Waals surface area (Å²) in [4.78, 5) is 0. The first-order valence-corrected chi connectivity index (χ1v) is 4.54. The quantitative estimate of drug-likeness (QED) is 0.539. The van der Waals surface area contributed by atoms with Gasteiger partial charge in [0.05, 0.1) is 13.2 Å². The van der Waals surface area contributed by atoms with Crippen LogP contribution in [0.3, 0.4) is 0 Å². The molecule has 1 aromatic rings. The van der Waals surface area contributed by atoms with Gasteiger partial charge in [0.25, 0.3) is 0 Å². The molecular weight excluding hydrogens is 162 g/mol. The fraction of sp³-hybridized carbons (Fsp3) is 0.455. The Morgan fingerprint density at radius 1 is 1.46 bits per heavy atom. The van der Waals surface area contributed by atoms with E-state index < -0.39 is 0 Å². The van der Waals surface area contributed by atoms with Crippen molar-refractivity contribution in [3.8, 4) is 12.3 Å². The third kappa shape index (κ3) is 1.36. The third-order valence-corrected chi connectivity index (χ3v) is 2.56. The minimum atomic E-state index is 0.797. The molecular formula is C11H13NO. The second kappa shape index (κ2) is 3.27. The molecule has 2 heterocycles. The van der Waals surface area contributed by atoms with Gasteiger partial charge in [0, 0.05) is 30.9 Å². The predicted molar refractivity (Wildman–Crippen MR) is 51.6 cm³/mol. The van der Waals surface area contributed by atoms with E-state index in [1.54, 1.807) is 0 Å². The minimum absolute atomic E-state index is 0.797. The second-order valence-corrected chi connectivity index (χ2v) is 3.34. The molecule has 1 aromatic heterocycles. The molecule has 0 saturated heterocycles. The van der Waals surface area contributed by atoms with Crippen molar-refractivity contribution in [1.82, 2.24) is 4.57 Å². The lowest BCUT2D eigenvalue weighted by Gasteiger charge is -2.00. The van der Waals surface area contributed by atoms with E-state index in [4.69, 9.17) is 11.2 Å². The Balaban J connectivity index is 2.49. The number of rotatable bonds is 0. The number of aromatic nitrogens is 1. The average molecular weight is 175 g/mol. The van der Waals surface area contributed by atoms with Crippen molar-refractivity contribution in [3.63, 3.8) is 0 Å². The van der Waals surface area contributed by atoms with Gasteiger partial charge in [-0.25, -0.2) is 0 Å². The number of aryl methyl sites for hydroxylation is 1. The van der Waals surface area contributed by atoms with E-state index >= 15 is 0 Å². The number of hydrogen-bond acceptors (Lipinski definition) is 1. The van der Waals surface area contributed by atoms with Gasteiger partial charge in [-0.15, -0.1) is 6.42 Å². The highest BCUT2D eigenvalue weighted by atomic mass is 16.5. The maximum atomic E-state index is 5.43. The minimum Gasteiger partial charge on any atom is -0.381 e. The maximum absolute atomic E-state index is 5.43. The van der Waals surface area contributed by atoms with E-state index in [0.29, 0.717) is 0 Å². The largest absolute Gasteiger partial charge is 0.381 e. The van der Waals surface area contributed by atoms with Crippen LogP contribution in [-0.4, -0.2) is 17.8 Å². The number of fused-ring (bicyclic) bond motifs is 1. The summed E-state index contributed by atoms with van der Waals surface area (Å²) in [5, 5.41) is 0. The van der Waals surface area contributed by atoms with E-state index in [2.05, 4.69) is 10.5 Å². The first-order valence-electron chi connectivity index (χ1n) is 4.54. The van der Waals surface area contributed by atoms with Gasteiger partial charge in [-0.2, -0.15) is 0 Å². The Morgan fingerprint density at radius 3 is 3.00 bits per heavy atom. The summed E-state index contributed by atoms with van der Waals surface area (Å²) in [6.07, 6.45) is 9.41. The second-order valence-electron chi connectivity index (χ2n) is 3.34. The first-order chi connectivity index (χ1) is 6.33. The Kier molecular flexibility index (Phi) is 2.12. The highest BCUT2D eigenvalue weighted by molar-refractivity contribution is 5.43. The molecule has 0 fully saturated rings.